The summed E-state index contributed by atoms with van der Waals surface area (Å²) in [5.74, 6) is 0.604. The fourth-order valence-electron chi connectivity index (χ4n) is 4.42. The van der Waals surface area contributed by atoms with E-state index < -0.39 is 11.4 Å². The molecule has 0 bridgehead atoms. The van der Waals surface area contributed by atoms with Crippen LogP contribution in [0.4, 0.5) is 16.2 Å². The third kappa shape index (κ3) is 3.75. The number of para-hydroxylation sites is 1. The average molecular weight is 497 g/mol. The van der Waals surface area contributed by atoms with Gasteiger partial charge in [-0.15, -0.1) is 0 Å². The summed E-state index contributed by atoms with van der Waals surface area (Å²) in [6.45, 7) is 2.73. The summed E-state index contributed by atoms with van der Waals surface area (Å²) in [4.78, 5) is 35.8. The SMILES string of the molecule is CCN(Cc1nn2ccc(F)c2c(=O)n1-c1ccccc1)c1ncnc2[nH]cc(-c3cnc(N)nc3)c12. The standard InChI is InChI=1S/C25H21FN10O/c1-2-34(23-20-17(12-28-22(20)31-14-32-23)15-10-29-25(27)30-11-15)13-19-33-35-9-8-18(26)21(35)24(37)36(19)16-6-4-3-5-7-16/h3-12,14H,2,13H2,1H3,(H2,27,29,30)(H,28,31,32). The van der Waals surface area contributed by atoms with Crippen molar-refractivity contribution < 1.29 is 4.39 Å². The molecule has 0 radical (unpaired) electrons. The molecule has 0 aliphatic heterocycles. The van der Waals surface area contributed by atoms with Crippen LogP contribution in [0.3, 0.4) is 0 Å². The number of H-pyrrole nitrogens is 1. The zero-order valence-electron chi connectivity index (χ0n) is 19.7. The Balaban J connectivity index is 1.52. The van der Waals surface area contributed by atoms with Gasteiger partial charge in [0.2, 0.25) is 5.95 Å². The van der Waals surface area contributed by atoms with Crippen molar-refractivity contribution in [2.45, 2.75) is 13.5 Å². The van der Waals surface area contributed by atoms with Crippen LogP contribution in [-0.4, -0.2) is 45.6 Å². The third-order valence-electron chi connectivity index (χ3n) is 6.16. The number of nitrogens with one attached hydrogen (secondary N) is 1. The van der Waals surface area contributed by atoms with E-state index in [0.717, 1.165) is 16.5 Å². The molecule has 5 heterocycles. The summed E-state index contributed by atoms with van der Waals surface area (Å²) >= 11 is 0. The summed E-state index contributed by atoms with van der Waals surface area (Å²) < 4.78 is 17.2. The summed E-state index contributed by atoms with van der Waals surface area (Å²) in [5, 5.41) is 5.38. The number of aromatic amines is 1. The second kappa shape index (κ2) is 8.82. The minimum absolute atomic E-state index is 0.114. The van der Waals surface area contributed by atoms with E-state index in [1.165, 1.54) is 27.7 Å². The first kappa shape index (κ1) is 22.3. The largest absolute Gasteiger partial charge is 0.368 e. The number of benzene rings is 1. The average Bonchev–Trinajstić information content (AvgIpc) is 3.52. The molecular weight excluding hydrogens is 475 g/mol. The van der Waals surface area contributed by atoms with Crippen LogP contribution in [0.2, 0.25) is 0 Å². The molecule has 0 aliphatic carbocycles. The van der Waals surface area contributed by atoms with Gasteiger partial charge < -0.3 is 15.6 Å². The van der Waals surface area contributed by atoms with E-state index in [9.17, 15) is 9.18 Å². The number of fused-ring (bicyclic) bond motifs is 2. The quantitative estimate of drug-likeness (QED) is 0.359. The maximum Gasteiger partial charge on any atom is 0.285 e. The molecule has 0 saturated carbocycles. The molecule has 0 unspecified atom stereocenters. The molecule has 0 atom stereocenters. The number of nitrogens with two attached hydrogens (primary N) is 1. The lowest BCUT2D eigenvalue weighted by Gasteiger charge is -2.24. The fraction of sp³-hybridized carbons (Fsp3) is 0.120. The van der Waals surface area contributed by atoms with Crippen molar-refractivity contribution in [3.05, 3.63) is 89.5 Å². The van der Waals surface area contributed by atoms with Crippen LogP contribution in [0.25, 0.3) is 33.4 Å². The predicted octanol–water partition coefficient (Wildman–Crippen LogP) is 2.96. The van der Waals surface area contributed by atoms with Crippen LogP contribution < -0.4 is 16.2 Å². The lowest BCUT2D eigenvalue weighted by molar-refractivity contribution is 0.629. The van der Waals surface area contributed by atoms with Crippen molar-refractivity contribution in [2.75, 3.05) is 17.2 Å². The number of rotatable bonds is 6. The number of nitrogen functional groups attached to an aromatic ring is 1. The lowest BCUT2D eigenvalue weighted by atomic mass is 10.1. The van der Waals surface area contributed by atoms with Gasteiger partial charge in [0.1, 0.15) is 17.8 Å². The van der Waals surface area contributed by atoms with E-state index >= 15 is 0 Å². The van der Waals surface area contributed by atoms with Gasteiger partial charge in [-0.3, -0.25) is 9.36 Å². The van der Waals surface area contributed by atoms with E-state index in [0.29, 0.717) is 29.5 Å². The van der Waals surface area contributed by atoms with Crippen molar-refractivity contribution in [2.24, 2.45) is 0 Å². The van der Waals surface area contributed by atoms with Crippen LogP contribution in [0.5, 0.6) is 0 Å². The summed E-state index contributed by atoms with van der Waals surface area (Å²) in [6.07, 6.45) is 8.01. The molecule has 0 amide bonds. The normalized spacial score (nSPS) is 11.4. The molecule has 6 rings (SSSR count). The molecular formula is C25H21FN10O. The molecule has 5 aromatic heterocycles. The summed E-state index contributed by atoms with van der Waals surface area (Å²) in [5.41, 5.74) is 7.83. The van der Waals surface area contributed by atoms with Crippen LogP contribution in [0.1, 0.15) is 12.7 Å². The molecule has 0 saturated heterocycles. The summed E-state index contributed by atoms with van der Waals surface area (Å²) in [7, 11) is 0. The van der Waals surface area contributed by atoms with Crippen LogP contribution in [0.15, 0.2) is 72.3 Å². The van der Waals surface area contributed by atoms with E-state index in [4.69, 9.17) is 5.73 Å². The Hall–Kier alpha value is -5.13. The number of hydrogen-bond donors (Lipinski definition) is 2. The Bertz CT molecular complexity index is 1790. The second-order valence-electron chi connectivity index (χ2n) is 8.32. The molecule has 6 aromatic rings. The highest BCUT2D eigenvalue weighted by molar-refractivity contribution is 6.00. The molecule has 0 fully saturated rings. The first-order valence-electron chi connectivity index (χ1n) is 11.5. The van der Waals surface area contributed by atoms with Gasteiger partial charge in [0, 0.05) is 42.5 Å². The van der Waals surface area contributed by atoms with Crippen LogP contribution in [-0.2, 0) is 6.54 Å². The van der Waals surface area contributed by atoms with Crippen molar-refractivity contribution in [1.29, 1.82) is 0 Å². The van der Waals surface area contributed by atoms with E-state index in [-0.39, 0.29) is 18.0 Å². The van der Waals surface area contributed by atoms with Crippen LogP contribution in [0, 0.1) is 5.82 Å². The Kier molecular flexibility index (Phi) is 5.33. The number of aromatic nitrogens is 8. The van der Waals surface area contributed by atoms with Gasteiger partial charge in [-0.25, -0.2) is 28.8 Å². The Morgan fingerprint density at radius 1 is 1.08 bits per heavy atom. The molecule has 0 spiro atoms. The van der Waals surface area contributed by atoms with Gasteiger partial charge in [0.15, 0.2) is 17.2 Å². The predicted molar refractivity (Wildman–Crippen MR) is 137 cm³/mol. The van der Waals surface area contributed by atoms with Gasteiger partial charge in [0.05, 0.1) is 17.6 Å². The van der Waals surface area contributed by atoms with Crippen molar-refractivity contribution in [3.8, 4) is 16.8 Å². The lowest BCUT2D eigenvalue weighted by Crippen LogP contribution is -2.32. The molecule has 184 valence electrons. The highest BCUT2D eigenvalue weighted by Gasteiger charge is 2.22. The minimum Gasteiger partial charge on any atom is -0.368 e. The highest BCUT2D eigenvalue weighted by Crippen LogP contribution is 2.33. The zero-order chi connectivity index (χ0) is 25.5. The second-order valence-corrected chi connectivity index (χ2v) is 8.32. The molecule has 0 aliphatic rings. The summed E-state index contributed by atoms with van der Waals surface area (Å²) in [6, 6.07) is 10.3. The molecule has 1 aromatic carbocycles. The van der Waals surface area contributed by atoms with E-state index in [1.54, 1.807) is 24.5 Å². The molecule has 12 heteroatoms. The number of anilines is 2. The molecule has 37 heavy (non-hydrogen) atoms. The smallest absolute Gasteiger partial charge is 0.285 e. The van der Waals surface area contributed by atoms with Crippen molar-refractivity contribution >= 4 is 28.3 Å². The zero-order valence-corrected chi connectivity index (χ0v) is 19.7. The Morgan fingerprint density at radius 3 is 2.62 bits per heavy atom. The molecule has 11 nitrogen and oxygen atoms in total. The minimum atomic E-state index is -0.624. The van der Waals surface area contributed by atoms with Gasteiger partial charge in [-0.1, -0.05) is 18.2 Å². The van der Waals surface area contributed by atoms with Gasteiger partial charge in [-0.05, 0) is 25.1 Å². The maximum atomic E-state index is 14.5. The number of nitrogens with zero attached hydrogens (tertiary/aromatic N) is 8. The first-order chi connectivity index (χ1) is 18.0. The number of hydrogen-bond acceptors (Lipinski definition) is 8. The third-order valence-corrected chi connectivity index (χ3v) is 6.16. The van der Waals surface area contributed by atoms with E-state index in [1.807, 2.05) is 36.2 Å². The topological polar surface area (TPSA) is 136 Å². The highest BCUT2D eigenvalue weighted by atomic mass is 19.1. The van der Waals surface area contributed by atoms with Crippen molar-refractivity contribution in [3.63, 3.8) is 0 Å². The Morgan fingerprint density at radius 2 is 1.86 bits per heavy atom. The van der Waals surface area contributed by atoms with Gasteiger partial charge >= 0.3 is 0 Å². The fourth-order valence-corrected chi connectivity index (χ4v) is 4.42. The maximum absolute atomic E-state index is 14.5. The van der Waals surface area contributed by atoms with Gasteiger partial charge in [0.25, 0.3) is 5.56 Å². The van der Waals surface area contributed by atoms with Gasteiger partial charge in [-0.2, -0.15) is 5.10 Å². The van der Waals surface area contributed by atoms with Crippen LogP contribution >= 0.6 is 0 Å². The molecule has 3 N–H and O–H groups in total. The van der Waals surface area contributed by atoms with Crippen molar-refractivity contribution in [1.82, 2.24) is 39.1 Å². The first-order valence-corrected chi connectivity index (χ1v) is 11.5. The monoisotopic (exact) mass is 496 g/mol. The number of halogens is 1. The van der Waals surface area contributed by atoms with E-state index in [2.05, 4.69) is 30.0 Å². The Labute approximate surface area is 209 Å².